The van der Waals surface area contributed by atoms with Crippen LogP contribution in [0.4, 0.5) is 0 Å². The first-order valence-electron chi connectivity index (χ1n) is 9.13. The molecule has 0 spiro atoms. The van der Waals surface area contributed by atoms with Crippen LogP contribution < -0.4 is 0 Å². The number of likely N-dealkylation sites (tertiary alicyclic amines) is 1. The molecule has 0 N–H and O–H groups in total. The van der Waals surface area contributed by atoms with E-state index < -0.39 is 0 Å². The lowest BCUT2D eigenvalue weighted by Crippen LogP contribution is -2.46. The van der Waals surface area contributed by atoms with E-state index in [0.29, 0.717) is 37.1 Å². The van der Waals surface area contributed by atoms with Crippen molar-refractivity contribution in [3.63, 3.8) is 0 Å². The van der Waals surface area contributed by atoms with Gasteiger partial charge in [0, 0.05) is 55.6 Å². The molecule has 0 radical (unpaired) electrons. The van der Waals surface area contributed by atoms with E-state index in [9.17, 15) is 4.79 Å². The first-order valence-corrected chi connectivity index (χ1v) is 10.1. The van der Waals surface area contributed by atoms with Crippen LogP contribution in [0.3, 0.4) is 0 Å². The maximum Gasteiger partial charge on any atom is 0.273 e. The van der Waals surface area contributed by atoms with Gasteiger partial charge in [-0.15, -0.1) is 11.3 Å². The Labute approximate surface area is 166 Å². The van der Waals surface area contributed by atoms with Crippen molar-refractivity contribution in [3.05, 3.63) is 46.9 Å². The van der Waals surface area contributed by atoms with Gasteiger partial charge >= 0.3 is 0 Å². The normalized spacial score (nSPS) is 16.2. The molecule has 9 heteroatoms. The Morgan fingerprint density at radius 1 is 1.32 bits per heavy atom. The van der Waals surface area contributed by atoms with Crippen molar-refractivity contribution < 1.29 is 14.1 Å². The van der Waals surface area contributed by atoms with Gasteiger partial charge in [-0.1, -0.05) is 5.16 Å². The average molecular weight is 399 g/mol. The zero-order valence-electron chi connectivity index (χ0n) is 15.6. The van der Waals surface area contributed by atoms with Crippen LogP contribution in [0.1, 0.15) is 35.6 Å². The summed E-state index contributed by atoms with van der Waals surface area (Å²) in [7, 11) is 1.69. The largest absolute Gasteiger partial charge is 0.385 e. The molecular formula is C19H21N5O3S. The third kappa shape index (κ3) is 3.67. The molecule has 0 saturated carbocycles. The predicted molar refractivity (Wildman–Crippen MR) is 103 cm³/mol. The zero-order valence-corrected chi connectivity index (χ0v) is 16.4. The van der Waals surface area contributed by atoms with Gasteiger partial charge in [0.05, 0.1) is 5.51 Å². The molecular weight excluding hydrogens is 378 g/mol. The molecule has 1 aliphatic heterocycles. The van der Waals surface area contributed by atoms with E-state index in [1.165, 1.54) is 11.3 Å². The summed E-state index contributed by atoms with van der Waals surface area (Å²) < 4.78 is 10.9. The fourth-order valence-corrected chi connectivity index (χ4v) is 4.08. The maximum atomic E-state index is 12.6. The zero-order chi connectivity index (χ0) is 19.4. The number of ether oxygens (including phenoxy) is 1. The second-order valence-electron chi connectivity index (χ2n) is 6.85. The number of hydrogen-bond donors (Lipinski definition) is 0. The van der Waals surface area contributed by atoms with Crippen LogP contribution in [0, 0.1) is 0 Å². The molecule has 0 atom stereocenters. The van der Waals surface area contributed by atoms with Gasteiger partial charge in [0.2, 0.25) is 0 Å². The van der Waals surface area contributed by atoms with Gasteiger partial charge in [0.1, 0.15) is 5.69 Å². The summed E-state index contributed by atoms with van der Waals surface area (Å²) >= 11 is 1.43. The van der Waals surface area contributed by atoms with Crippen LogP contribution >= 0.6 is 11.3 Å². The topological polar surface area (TPSA) is 94.2 Å². The molecule has 0 unspecified atom stereocenters. The molecule has 0 bridgehead atoms. The van der Waals surface area contributed by atoms with E-state index in [0.717, 1.165) is 24.8 Å². The first kappa shape index (κ1) is 18.7. The van der Waals surface area contributed by atoms with Crippen LogP contribution in [-0.4, -0.2) is 57.7 Å². The molecule has 1 saturated heterocycles. The smallest absolute Gasteiger partial charge is 0.273 e. The van der Waals surface area contributed by atoms with Crippen molar-refractivity contribution in [3.8, 4) is 11.5 Å². The Morgan fingerprint density at radius 2 is 2.11 bits per heavy atom. The van der Waals surface area contributed by atoms with Gasteiger partial charge < -0.3 is 14.2 Å². The fourth-order valence-electron chi connectivity index (χ4n) is 3.55. The molecule has 146 valence electrons. The number of rotatable bonds is 6. The lowest BCUT2D eigenvalue weighted by molar-refractivity contribution is 0.0611. The maximum absolute atomic E-state index is 12.6. The highest BCUT2D eigenvalue weighted by atomic mass is 32.1. The molecule has 1 fully saturated rings. The van der Waals surface area contributed by atoms with Crippen molar-refractivity contribution in [1.29, 1.82) is 0 Å². The molecule has 1 aliphatic rings. The number of thiazole rings is 1. The third-order valence-corrected chi connectivity index (χ3v) is 5.86. The summed E-state index contributed by atoms with van der Waals surface area (Å²) in [5.74, 6) is 1.14. The van der Waals surface area contributed by atoms with Crippen molar-refractivity contribution in [1.82, 2.24) is 25.0 Å². The number of methoxy groups -OCH3 is 1. The third-order valence-electron chi connectivity index (χ3n) is 5.27. The molecule has 4 rings (SSSR count). The number of piperidine rings is 1. The van der Waals surface area contributed by atoms with Crippen LogP contribution in [-0.2, 0) is 10.2 Å². The molecule has 8 nitrogen and oxygen atoms in total. The van der Waals surface area contributed by atoms with Gasteiger partial charge in [-0.2, -0.15) is 4.98 Å². The van der Waals surface area contributed by atoms with Crippen molar-refractivity contribution in [2.45, 2.75) is 24.7 Å². The van der Waals surface area contributed by atoms with E-state index in [1.807, 2.05) is 17.0 Å². The lowest BCUT2D eigenvalue weighted by Gasteiger charge is -2.39. The van der Waals surface area contributed by atoms with Gasteiger partial charge in [-0.05, 0) is 31.4 Å². The number of nitrogens with zero attached hydrogens (tertiary/aromatic N) is 5. The second-order valence-corrected chi connectivity index (χ2v) is 7.57. The minimum absolute atomic E-state index is 0.0211. The van der Waals surface area contributed by atoms with E-state index >= 15 is 0 Å². The molecule has 1 amide bonds. The Hall–Kier alpha value is -2.65. The Bertz CT molecular complexity index is 905. The molecule has 3 aromatic heterocycles. The summed E-state index contributed by atoms with van der Waals surface area (Å²) in [5, 5.41) is 6.07. The van der Waals surface area contributed by atoms with E-state index in [-0.39, 0.29) is 11.3 Å². The van der Waals surface area contributed by atoms with Crippen LogP contribution in [0.5, 0.6) is 0 Å². The highest BCUT2D eigenvalue weighted by Gasteiger charge is 2.41. The van der Waals surface area contributed by atoms with Gasteiger partial charge in [-0.3, -0.25) is 9.78 Å². The quantitative estimate of drug-likeness (QED) is 0.629. The number of carbonyl (C=O) groups is 1. The Morgan fingerprint density at radius 3 is 2.79 bits per heavy atom. The van der Waals surface area contributed by atoms with E-state index in [4.69, 9.17) is 9.26 Å². The number of hydrogen-bond acceptors (Lipinski definition) is 8. The summed E-state index contributed by atoms with van der Waals surface area (Å²) in [5.41, 5.74) is 2.75. The summed E-state index contributed by atoms with van der Waals surface area (Å²) in [6.07, 6.45) is 5.67. The van der Waals surface area contributed by atoms with Gasteiger partial charge in [0.15, 0.2) is 5.82 Å². The monoisotopic (exact) mass is 399 g/mol. The number of pyridine rings is 1. The molecule has 28 heavy (non-hydrogen) atoms. The van der Waals surface area contributed by atoms with E-state index in [2.05, 4.69) is 20.1 Å². The predicted octanol–water partition coefficient (Wildman–Crippen LogP) is 2.80. The minimum atomic E-state index is -0.274. The standard InChI is InChI=1S/C19H21N5O3S/c1-26-11-6-19(18-22-16(27-23-18)14-2-7-20-8-3-14)4-9-24(10-5-19)17(25)15-12-28-13-21-15/h2-3,7-8,12-13H,4-6,9-11H2,1H3. The van der Waals surface area contributed by atoms with Crippen molar-refractivity contribution in [2.75, 3.05) is 26.8 Å². The molecule has 4 heterocycles. The summed E-state index contributed by atoms with van der Waals surface area (Å²) in [4.78, 5) is 27.3. The SMILES string of the molecule is COCCC1(c2noc(-c3ccncc3)n2)CCN(C(=O)c2cscn2)CC1. The van der Waals surface area contributed by atoms with E-state index in [1.54, 1.807) is 30.4 Å². The van der Waals surface area contributed by atoms with Crippen molar-refractivity contribution in [2.24, 2.45) is 0 Å². The second kappa shape index (κ2) is 8.15. The Kier molecular flexibility index (Phi) is 5.45. The summed E-state index contributed by atoms with van der Waals surface area (Å²) in [6.45, 7) is 1.84. The first-order chi connectivity index (χ1) is 13.7. The number of carbonyl (C=O) groups excluding carboxylic acids is 1. The average Bonchev–Trinajstić information content (AvgIpc) is 3.45. The minimum Gasteiger partial charge on any atom is -0.385 e. The fraction of sp³-hybridized carbons (Fsp3) is 0.421. The van der Waals surface area contributed by atoms with Gasteiger partial charge in [-0.25, -0.2) is 4.98 Å². The summed E-state index contributed by atoms with van der Waals surface area (Å²) in [6, 6.07) is 3.68. The van der Waals surface area contributed by atoms with Crippen LogP contribution in [0.2, 0.25) is 0 Å². The lowest BCUT2D eigenvalue weighted by atomic mass is 9.75. The Balaban J connectivity index is 1.54. The molecule has 3 aromatic rings. The number of aromatic nitrogens is 4. The number of amides is 1. The highest BCUT2D eigenvalue weighted by molar-refractivity contribution is 7.07. The highest BCUT2D eigenvalue weighted by Crippen LogP contribution is 2.38. The molecule has 0 aliphatic carbocycles. The van der Waals surface area contributed by atoms with Gasteiger partial charge in [0.25, 0.3) is 11.8 Å². The molecule has 0 aromatic carbocycles. The van der Waals surface area contributed by atoms with Crippen molar-refractivity contribution >= 4 is 17.2 Å². The van der Waals surface area contributed by atoms with Crippen LogP contribution in [0.25, 0.3) is 11.5 Å². The van der Waals surface area contributed by atoms with Crippen LogP contribution in [0.15, 0.2) is 39.9 Å².